The highest BCUT2D eigenvalue weighted by molar-refractivity contribution is 7.47. The first-order valence-electron chi connectivity index (χ1n) is 14.4. The summed E-state index contributed by atoms with van der Waals surface area (Å²) in [6.45, 7) is 4.08. The Balaban J connectivity index is 4.59. The maximum absolute atomic E-state index is 12.4. The van der Waals surface area contributed by atoms with E-state index < -0.39 is 26.5 Å². The van der Waals surface area contributed by atoms with E-state index in [1.165, 1.54) is 12.8 Å². The molecule has 0 saturated carbocycles. The van der Waals surface area contributed by atoms with Gasteiger partial charge in [0.1, 0.15) is 19.8 Å². The van der Waals surface area contributed by atoms with E-state index in [2.05, 4.69) is 19.1 Å². The molecule has 2 atom stereocenters. The van der Waals surface area contributed by atoms with Crippen LogP contribution in [0.25, 0.3) is 0 Å². The van der Waals surface area contributed by atoms with Gasteiger partial charge >= 0.3 is 19.8 Å². The zero-order valence-corrected chi connectivity index (χ0v) is 25.6. The van der Waals surface area contributed by atoms with Crippen molar-refractivity contribution in [1.82, 2.24) is 0 Å². The fourth-order valence-corrected chi connectivity index (χ4v) is 4.28. The number of quaternary nitrogens is 1. The number of phosphoric ester groups is 1. The molecule has 0 aromatic rings. The average molecular weight is 565 g/mol. The monoisotopic (exact) mass is 564 g/mol. The second kappa shape index (κ2) is 22.6. The summed E-state index contributed by atoms with van der Waals surface area (Å²) >= 11 is 0. The summed E-state index contributed by atoms with van der Waals surface area (Å²) in [6, 6.07) is 0. The van der Waals surface area contributed by atoms with E-state index in [4.69, 9.17) is 18.5 Å². The van der Waals surface area contributed by atoms with Gasteiger partial charge in [-0.25, -0.2) is 4.57 Å². The topological polar surface area (TPSA) is 108 Å². The number of esters is 2. The van der Waals surface area contributed by atoms with Crippen molar-refractivity contribution in [3.8, 4) is 0 Å². The van der Waals surface area contributed by atoms with Gasteiger partial charge in [0.25, 0.3) is 0 Å². The predicted molar refractivity (Wildman–Crippen MR) is 151 cm³/mol. The first kappa shape index (κ1) is 36.8. The number of nitrogens with zero attached hydrogens (tertiary/aromatic N) is 1. The summed E-state index contributed by atoms with van der Waals surface area (Å²) < 4.78 is 33.7. The third kappa shape index (κ3) is 25.1. The van der Waals surface area contributed by atoms with Gasteiger partial charge < -0.3 is 18.9 Å². The summed E-state index contributed by atoms with van der Waals surface area (Å²) in [5.74, 6) is -0.830. The molecule has 0 aliphatic heterocycles. The normalized spacial score (nSPS) is 14.4. The molecular weight excluding hydrogens is 509 g/mol. The quantitative estimate of drug-likeness (QED) is 0.0450. The number of hydrogen-bond acceptors (Lipinski definition) is 7. The van der Waals surface area contributed by atoms with Gasteiger partial charge in [-0.1, -0.05) is 70.4 Å². The summed E-state index contributed by atoms with van der Waals surface area (Å²) in [4.78, 5) is 34.5. The summed E-state index contributed by atoms with van der Waals surface area (Å²) in [5.41, 5.74) is 0. The van der Waals surface area contributed by atoms with Crippen molar-refractivity contribution in [2.24, 2.45) is 0 Å². The van der Waals surface area contributed by atoms with Crippen molar-refractivity contribution in [3.63, 3.8) is 0 Å². The van der Waals surface area contributed by atoms with Gasteiger partial charge in [0.2, 0.25) is 0 Å². The van der Waals surface area contributed by atoms with Crippen molar-refractivity contribution < 1.29 is 42.1 Å². The van der Waals surface area contributed by atoms with Gasteiger partial charge in [-0.3, -0.25) is 18.6 Å². The lowest BCUT2D eigenvalue weighted by molar-refractivity contribution is -0.870. The molecule has 9 nitrogen and oxygen atoms in total. The van der Waals surface area contributed by atoms with Crippen molar-refractivity contribution in [2.75, 3.05) is 47.5 Å². The van der Waals surface area contributed by atoms with Gasteiger partial charge in [0, 0.05) is 12.8 Å². The lowest BCUT2D eigenvalue weighted by Crippen LogP contribution is -2.37. The number of allylic oxidation sites excluding steroid dienone is 2. The van der Waals surface area contributed by atoms with E-state index in [0.717, 1.165) is 57.8 Å². The number of likely N-dealkylation sites (N-methyl/N-ethyl adjacent to an activating group) is 1. The number of unbranched alkanes of at least 4 members (excludes halogenated alkanes) is 10. The molecule has 0 fully saturated rings. The molecule has 0 spiro atoms. The van der Waals surface area contributed by atoms with Crippen LogP contribution in [0.2, 0.25) is 0 Å². The SMILES string of the molecule is C/C=C\CCCCCCCC(=O)O[C@@H](COC(=O)CCCCCCCC)COP(=O)(O)OCC[N+](C)(C)C. The number of ether oxygens (including phenoxy) is 2. The minimum atomic E-state index is -4.34. The molecule has 10 heteroatoms. The highest BCUT2D eigenvalue weighted by Gasteiger charge is 2.27. The van der Waals surface area contributed by atoms with Crippen LogP contribution in [0.3, 0.4) is 0 Å². The van der Waals surface area contributed by atoms with E-state index in [0.29, 0.717) is 17.4 Å². The van der Waals surface area contributed by atoms with Gasteiger partial charge in [-0.05, 0) is 32.6 Å². The Kier molecular flexibility index (Phi) is 21.8. The second-order valence-corrected chi connectivity index (χ2v) is 12.3. The van der Waals surface area contributed by atoms with Gasteiger partial charge in [0.05, 0.1) is 27.7 Å². The molecule has 0 aromatic heterocycles. The molecule has 1 unspecified atom stereocenters. The molecular formula is C28H55NO8P+. The number of phosphoric acid groups is 1. The smallest absolute Gasteiger partial charge is 0.462 e. The standard InChI is InChI=1S/C28H54NO8P/c1-6-8-10-12-14-15-17-19-21-28(31)37-26(24-34-27(30)20-18-16-13-11-9-7-2)25-36-38(32,33)35-23-22-29(3,4)5/h6,8,26H,7,9-25H2,1-5H3/p+1/b8-6-/t26-/m0/s1. The minimum Gasteiger partial charge on any atom is -0.462 e. The molecule has 38 heavy (non-hydrogen) atoms. The first-order chi connectivity index (χ1) is 18.0. The van der Waals surface area contributed by atoms with Gasteiger partial charge in [0.15, 0.2) is 6.10 Å². The molecule has 0 saturated heterocycles. The maximum Gasteiger partial charge on any atom is 0.472 e. The van der Waals surface area contributed by atoms with E-state index in [1.54, 1.807) is 0 Å². The van der Waals surface area contributed by atoms with Gasteiger partial charge in [-0.2, -0.15) is 0 Å². The zero-order valence-electron chi connectivity index (χ0n) is 24.7. The number of hydrogen-bond donors (Lipinski definition) is 1. The molecule has 0 aromatic carbocycles. The highest BCUT2D eigenvalue weighted by Crippen LogP contribution is 2.43. The summed E-state index contributed by atoms with van der Waals surface area (Å²) in [7, 11) is 1.46. The fraction of sp³-hybridized carbons (Fsp3) is 0.857. The molecule has 1 N–H and O–H groups in total. The second-order valence-electron chi connectivity index (χ2n) is 10.8. The van der Waals surface area contributed by atoms with Crippen LogP contribution in [0.4, 0.5) is 0 Å². The number of carbonyl (C=O) groups excluding carboxylic acids is 2. The third-order valence-electron chi connectivity index (χ3n) is 5.89. The Hall–Kier alpha value is -1.25. The molecule has 224 valence electrons. The molecule has 0 radical (unpaired) electrons. The van der Waals surface area contributed by atoms with Crippen LogP contribution in [-0.4, -0.2) is 74.9 Å². The average Bonchev–Trinajstić information content (AvgIpc) is 2.83. The van der Waals surface area contributed by atoms with E-state index in [1.807, 2.05) is 28.1 Å². The molecule has 0 heterocycles. The summed E-state index contributed by atoms with van der Waals surface area (Å²) in [5, 5.41) is 0. The largest absolute Gasteiger partial charge is 0.472 e. The third-order valence-corrected chi connectivity index (χ3v) is 6.87. The van der Waals surface area contributed by atoms with Gasteiger partial charge in [-0.15, -0.1) is 0 Å². The maximum atomic E-state index is 12.4. The zero-order chi connectivity index (χ0) is 28.7. The molecule has 0 aliphatic carbocycles. The molecule has 0 rings (SSSR count). The molecule has 0 bridgehead atoms. The van der Waals surface area contributed by atoms with Crippen LogP contribution in [0.15, 0.2) is 12.2 Å². The number of rotatable bonds is 25. The Morgan fingerprint density at radius 2 is 1.42 bits per heavy atom. The first-order valence-corrected chi connectivity index (χ1v) is 15.9. The van der Waals surface area contributed by atoms with Crippen molar-refractivity contribution in [3.05, 3.63) is 12.2 Å². The van der Waals surface area contributed by atoms with E-state index in [-0.39, 0.29) is 32.0 Å². The van der Waals surface area contributed by atoms with Crippen molar-refractivity contribution in [1.29, 1.82) is 0 Å². The minimum absolute atomic E-state index is 0.0315. The lowest BCUT2D eigenvalue weighted by Gasteiger charge is -2.24. The highest BCUT2D eigenvalue weighted by atomic mass is 31.2. The van der Waals surface area contributed by atoms with Crippen LogP contribution in [0.5, 0.6) is 0 Å². The Labute approximate surface area is 231 Å². The molecule has 0 amide bonds. The van der Waals surface area contributed by atoms with Crippen LogP contribution in [0, 0.1) is 0 Å². The van der Waals surface area contributed by atoms with E-state index >= 15 is 0 Å². The van der Waals surface area contributed by atoms with Crippen LogP contribution in [-0.2, 0) is 32.7 Å². The Morgan fingerprint density at radius 3 is 2.03 bits per heavy atom. The van der Waals surface area contributed by atoms with E-state index in [9.17, 15) is 19.0 Å². The van der Waals surface area contributed by atoms with Crippen molar-refractivity contribution in [2.45, 2.75) is 110 Å². The van der Waals surface area contributed by atoms with Crippen molar-refractivity contribution >= 4 is 19.8 Å². The van der Waals surface area contributed by atoms with Crippen LogP contribution in [0.1, 0.15) is 104 Å². The lowest BCUT2D eigenvalue weighted by atomic mass is 10.1. The van der Waals surface area contributed by atoms with Crippen LogP contribution >= 0.6 is 7.82 Å². The molecule has 0 aliphatic rings. The summed E-state index contributed by atoms with van der Waals surface area (Å²) in [6.07, 6.45) is 16.0. The number of carbonyl (C=O) groups is 2. The predicted octanol–water partition coefficient (Wildman–Crippen LogP) is 6.34. The fourth-order valence-electron chi connectivity index (χ4n) is 3.54. The van der Waals surface area contributed by atoms with Crippen LogP contribution < -0.4 is 0 Å². The Bertz CT molecular complexity index is 693. The Morgan fingerprint density at radius 1 is 0.842 bits per heavy atom.